The minimum atomic E-state index is -0.266. The van der Waals surface area contributed by atoms with Gasteiger partial charge in [0.25, 0.3) is 0 Å². The molecule has 0 saturated heterocycles. The number of benzene rings is 2. The highest BCUT2D eigenvalue weighted by Crippen LogP contribution is 2.33. The van der Waals surface area contributed by atoms with Gasteiger partial charge in [-0.1, -0.05) is 47.1 Å². The van der Waals surface area contributed by atoms with E-state index >= 15 is 0 Å². The van der Waals surface area contributed by atoms with Gasteiger partial charge in [-0.15, -0.1) is 6.42 Å². The van der Waals surface area contributed by atoms with Gasteiger partial charge < -0.3 is 5.32 Å². The molecule has 1 aromatic heterocycles. The molecule has 4 nitrogen and oxygen atoms in total. The average Bonchev–Trinajstić information content (AvgIpc) is 2.97. The van der Waals surface area contributed by atoms with Gasteiger partial charge in [-0.2, -0.15) is 0 Å². The third kappa shape index (κ3) is 3.24. The predicted octanol–water partition coefficient (Wildman–Crippen LogP) is 4.39. The molecule has 2 aromatic carbocycles. The largest absolute Gasteiger partial charge is 0.338 e. The molecule has 120 valence electrons. The molecule has 0 spiro atoms. The maximum absolute atomic E-state index is 11.7. The summed E-state index contributed by atoms with van der Waals surface area (Å²) in [5.74, 6) is 2.70. The van der Waals surface area contributed by atoms with Crippen LogP contribution in [0.25, 0.3) is 21.3 Å². The maximum Gasteiger partial charge on any atom is 0.321 e. The van der Waals surface area contributed by atoms with Crippen LogP contribution in [0.4, 0.5) is 9.93 Å². The Morgan fingerprint density at radius 1 is 1.25 bits per heavy atom. The first-order valence-electron chi connectivity index (χ1n) is 7.63. The van der Waals surface area contributed by atoms with Crippen molar-refractivity contribution in [1.82, 2.24) is 10.3 Å². The van der Waals surface area contributed by atoms with Crippen molar-refractivity contribution in [2.75, 3.05) is 11.9 Å². The van der Waals surface area contributed by atoms with Crippen molar-refractivity contribution in [3.8, 4) is 23.5 Å². The zero-order valence-electron chi connectivity index (χ0n) is 13.5. The number of urea groups is 1. The number of hydrogen-bond acceptors (Lipinski definition) is 3. The number of thiazole rings is 1. The van der Waals surface area contributed by atoms with Crippen LogP contribution in [0.15, 0.2) is 36.4 Å². The number of amides is 2. The van der Waals surface area contributed by atoms with Gasteiger partial charge in [0.15, 0.2) is 5.13 Å². The van der Waals surface area contributed by atoms with Crippen molar-refractivity contribution in [3.05, 3.63) is 47.5 Å². The molecule has 3 aromatic rings. The van der Waals surface area contributed by atoms with Gasteiger partial charge in [-0.25, -0.2) is 9.78 Å². The van der Waals surface area contributed by atoms with Crippen molar-refractivity contribution in [2.24, 2.45) is 0 Å². The fourth-order valence-corrected chi connectivity index (χ4v) is 3.33. The van der Waals surface area contributed by atoms with E-state index in [1.165, 1.54) is 16.9 Å². The lowest BCUT2D eigenvalue weighted by molar-refractivity contribution is 0.252. The average molecular weight is 335 g/mol. The molecule has 24 heavy (non-hydrogen) atoms. The van der Waals surface area contributed by atoms with Crippen molar-refractivity contribution >= 4 is 32.7 Å². The summed E-state index contributed by atoms with van der Waals surface area (Å²) in [6.07, 6.45) is 5.66. The number of nitrogens with zero attached hydrogens (tertiary/aromatic N) is 1. The van der Waals surface area contributed by atoms with Gasteiger partial charge in [0, 0.05) is 6.54 Å². The summed E-state index contributed by atoms with van der Waals surface area (Å²) in [6.45, 7) is 4.48. The first kappa shape index (κ1) is 16.0. The molecule has 0 saturated carbocycles. The van der Waals surface area contributed by atoms with E-state index in [1.54, 1.807) is 0 Å². The van der Waals surface area contributed by atoms with Crippen LogP contribution in [0.3, 0.4) is 0 Å². The van der Waals surface area contributed by atoms with Crippen molar-refractivity contribution < 1.29 is 4.79 Å². The molecule has 0 bridgehead atoms. The zero-order chi connectivity index (χ0) is 17.1. The SMILES string of the molecule is C#Cc1cc(-c2ccc(C)cc2)cc2sc(NC(=O)NCC)nc12. The van der Waals surface area contributed by atoms with Crippen molar-refractivity contribution in [2.45, 2.75) is 13.8 Å². The lowest BCUT2D eigenvalue weighted by Crippen LogP contribution is -2.28. The van der Waals surface area contributed by atoms with Gasteiger partial charge in [0.05, 0.1) is 15.8 Å². The van der Waals surface area contributed by atoms with E-state index in [9.17, 15) is 4.79 Å². The highest BCUT2D eigenvalue weighted by Gasteiger charge is 2.12. The Balaban J connectivity index is 2.04. The Hall–Kier alpha value is -2.84. The van der Waals surface area contributed by atoms with Crippen LogP contribution in [0.5, 0.6) is 0 Å². The summed E-state index contributed by atoms with van der Waals surface area (Å²) < 4.78 is 0.952. The summed E-state index contributed by atoms with van der Waals surface area (Å²) in [5.41, 5.74) is 4.82. The topological polar surface area (TPSA) is 54.0 Å². The van der Waals surface area contributed by atoms with E-state index < -0.39 is 0 Å². The Morgan fingerprint density at radius 3 is 2.67 bits per heavy atom. The molecule has 0 atom stereocenters. The van der Waals surface area contributed by atoms with Gasteiger partial charge in [0.1, 0.15) is 0 Å². The Bertz CT molecular complexity index is 936. The molecular formula is C19H17N3OS. The zero-order valence-corrected chi connectivity index (χ0v) is 14.3. The quantitative estimate of drug-likeness (QED) is 0.697. The lowest BCUT2D eigenvalue weighted by atomic mass is 10.0. The van der Waals surface area contributed by atoms with Crippen LogP contribution >= 0.6 is 11.3 Å². The number of terminal acetylenes is 1. The lowest BCUT2D eigenvalue weighted by Gasteiger charge is -2.04. The summed E-state index contributed by atoms with van der Waals surface area (Å²) in [4.78, 5) is 16.1. The monoisotopic (exact) mass is 335 g/mol. The molecule has 0 unspecified atom stereocenters. The van der Waals surface area contributed by atoms with Crippen LogP contribution in [-0.4, -0.2) is 17.6 Å². The number of fused-ring (bicyclic) bond motifs is 1. The minimum Gasteiger partial charge on any atom is -0.338 e. The first-order valence-corrected chi connectivity index (χ1v) is 8.45. The molecule has 5 heteroatoms. The molecule has 3 rings (SSSR count). The third-order valence-electron chi connectivity index (χ3n) is 3.59. The van der Waals surface area contributed by atoms with E-state index in [2.05, 4.69) is 58.8 Å². The van der Waals surface area contributed by atoms with E-state index in [0.29, 0.717) is 11.7 Å². The Morgan fingerprint density at radius 2 is 2.00 bits per heavy atom. The number of anilines is 1. The van der Waals surface area contributed by atoms with Crippen LogP contribution in [0, 0.1) is 19.3 Å². The fourth-order valence-electron chi connectivity index (χ4n) is 2.41. The summed E-state index contributed by atoms with van der Waals surface area (Å²) in [7, 11) is 0. The number of rotatable bonds is 3. The number of carbonyl (C=O) groups is 1. The van der Waals surface area contributed by atoms with E-state index in [1.807, 2.05) is 13.0 Å². The van der Waals surface area contributed by atoms with Crippen LogP contribution in [0.2, 0.25) is 0 Å². The van der Waals surface area contributed by atoms with Crippen LogP contribution in [-0.2, 0) is 0 Å². The highest BCUT2D eigenvalue weighted by atomic mass is 32.1. The molecule has 0 fully saturated rings. The second-order valence-corrected chi connectivity index (χ2v) is 6.42. The number of nitrogens with one attached hydrogen (secondary N) is 2. The minimum absolute atomic E-state index is 0.266. The van der Waals surface area contributed by atoms with E-state index in [0.717, 1.165) is 26.9 Å². The summed E-state index contributed by atoms with van der Waals surface area (Å²) in [5, 5.41) is 5.96. The predicted molar refractivity (Wildman–Crippen MR) is 100 cm³/mol. The molecule has 0 aliphatic heterocycles. The summed E-state index contributed by atoms with van der Waals surface area (Å²) >= 11 is 1.41. The molecule has 0 aliphatic carbocycles. The van der Waals surface area contributed by atoms with Crippen LogP contribution < -0.4 is 10.6 Å². The maximum atomic E-state index is 11.7. The van der Waals surface area contributed by atoms with Gasteiger partial charge in [-0.05, 0) is 37.1 Å². The normalized spacial score (nSPS) is 10.4. The number of aromatic nitrogens is 1. The number of aryl methyl sites for hydroxylation is 1. The summed E-state index contributed by atoms with van der Waals surface area (Å²) in [6, 6.07) is 12.0. The van der Waals surface area contributed by atoms with E-state index in [4.69, 9.17) is 6.42 Å². The third-order valence-corrected chi connectivity index (χ3v) is 4.51. The Labute approximate surface area is 144 Å². The molecule has 2 amide bonds. The van der Waals surface area contributed by atoms with E-state index in [-0.39, 0.29) is 6.03 Å². The molecule has 0 aliphatic rings. The molecular weight excluding hydrogens is 318 g/mol. The standard InChI is InChI=1S/C19H17N3OS/c1-4-13-10-15(14-8-6-12(3)7-9-14)11-16-17(13)21-19(24-16)22-18(23)20-5-2/h1,6-11H,5H2,2-3H3,(H2,20,21,22,23). The van der Waals surface area contributed by atoms with Gasteiger partial charge in [-0.3, -0.25) is 5.32 Å². The first-order chi connectivity index (χ1) is 11.6. The Kier molecular flexibility index (Phi) is 4.50. The molecule has 0 radical (unpaired) electrons. The van der Waals surface area contributed by atoms with Crippen LogP contribution in [0.1, 0.15) is 18.1 Å². The molecule has 2 N–H and O–H groups in total. The second kappa shape index (κ2) is 6.73. The van der Waals surface area contributed by atoms with Crippen molar-refractivity contribution in [1.29, 1.82) is 0 Å². The van der Waals surface area contributed by atoms with Crippen molar-refractivity contribution in [3.63, 3.8) is 0 Å². The van der Waals surface area contributed by atoms with Gasteiger partial charge >= 0.3 is 6.03 Å². The molecule has 1 heterocycles. The second-order valence-electron chi connectivity index (χ2n) is 5.38. The smallest absolute Gasteiger partial charge is 0.321 e. The van der Waals surface area contributed by atoms with Gasteiger partial charge in [0.2, 0.25) is 0 Å². The fraction of sp³-hybridized carbons (Fsp3) is 0.158. The number of hydrogen-bond donors (Lipinski definition) is 2. The highest BCUT2D eigenvalue weighted by molar-refractivity contribution is 7.22. The number of carbonyl (C=O) groups excluding carboxylic acids is 1.